The van der Waals surface area contributed by atoms with Crippen LogP contribution in [0.3, 0.4) is 0 Å². The minimum absolute atomic E-state index is 0.816. The predicted octanol–water partition coefficient (Wildman–Crippen LogP) is 3.10. The summed E-state index contributed by atoms with van der Waals surface area (Å²) in [5.41, 5.74) is 0. The van der Waals surface area contributed by atoms with Gasteiger partial charge in [-0.1, -0.05) is 20.8 Å². The van der Waals surface area contributed by atoms with Gasteiger partial charge in [-0.2, -0.15) is 0 Å². The van der Waals surface area contributed by atoms with Crippen molar-refractivity contribution in [2.45, 2.75) is 40.5 Å². The van der Waals surface area contributed by atoms with Gasteiger partial charge >= 0.3 is 0 Å². The van der Waals surface area contributed by atoms with Gasteiger partial charge in [0.25, 0.3) is 0 Å². The molecule has 0 bridgehead atoms. The number of hydrogen-bond acceptors (Lipinski definition) is 1. The molecular formula is C10H22O. The lowest BCUT2D eigenvalue weighted by Crippen LogP contribution is -2.05. The summed E-state index contributed by atoms with van der Waals surface area (Å²) in [4.78, 5) is 0. The van der Waals surface area contributed by atoms with E-state index in [4.69, 9.17) is 4.74 Å². The number of rotatable bonds is 6. The zero-order valence-corrected chi connectivity index (χ0v) is 8.39. The van der Waals surface area contributed by atoms with E-state index in [9.17, 15) is 0 Å². The maximum absolute atomic E-state index is 5.26. The predicted molar refractivity (Wildman–Crippen MR) is 49.7 cm³/mol. The summed E-state index contributed by atoms with van der Waals surface area (Å²) in [6.07, 6.45) is 2.52. The van der Waals surface area contributed by atoms with Crippen molar-refractivity contribution in [2.24, 2.45) is 11.8 Å². The topological polar surface area (TPSA) is 9.23 Å². The molecule has 1 heteroatoms. The smallest absolute Gasteiger partial charge is 0.0465 e. The lowest BCUT2D eigenvalue weighted by Gasteiger charge is -2.14. The summed E-state index contributed by atoms with van der Waals surface area (Å²) in [5.74, 6) is 1.66. The molecule has 0 saturated heterocycles. The molecule has 0 rings (SSSR count). The van der Waals surface area contributed by atoms with Gasteiger partial charge in [0.2, 0.25) is 0 Å². The molecule has 0 amide bonds. The Morgan fingerprint density at radius 3 is 2.27 bits per heavy atom. The van der Waals surface area contributed by atoms with Crippen molar-refractivity contribution < 1.29 is 4.74 Å². The van der Waals surface area contributed by atoms with Gasteiger partial charge in [0, 0.05) is 13.2 Å². The third-order valence-corrected chi connectivity index (χ3v) is 2.29. The Morgan fingerprint density at radius 1 is 1.18 bits per heavy atom. The van der Waals surface area contributed by atoms with Crippen LogP contribution in [0.25, 0.3) is 0 Å². The normalized spacial score (nSPS) is 13.9. The molecule has 0 aromatic carbocycles. The Labute approximate surface area is 71.1 Å². The van der Waals surface area contributed by atoms with Crippen molar-refractivity contribution in [3.05, 3.63) is 0 Å². The van der Waals surface area contributed by atoms with Gasteiger partial charge in [0.15, 0.2) is 0 Å². The SMILES string of the molecule is CCOCCCC(C)C(C)C. The van der Waals surface area contributed by atoms with E-state index in [1.165, 1.54) is 12.8 Å². The van der Waals surface area contributed by atoms with E-state index in [0.717, 1.165) is 25.0 Å². The molecule has 0 N–H and O–H groups in total. The van der Waals surface area contributed by atoms with Gasteiger partial charge in [0.1, 0.15) is 0 Å². The van der Waals surface area contributed by atoms with E-state index in [1.54, 1.807) is 0 Å². The molecule has 0 saturated carbocycles. The van der Waals surface area contributed by atoms with Crippen LogP contribution in [0.2, 0.25) is 0 Å². The molecule has 11 heavy (non-hydrogen) atoms. The van der Waals surface area contributed by atoms with Gasteiger partial charge in [-0.25, -0.2) is 0 Å². The lowest BCUT2D eigenvalue weighted by atomic mass is 9.93. The van der Waals surface area contributed by atoms with Crippen LogP contribution in [-0.2, 0) is 4.74 Å². The van der Waals surface area contributed by atoms with E-state index < -0.39 is 0 Å². The Balaban J connectivity index is 3.10. The van der Waals surface area contributed by atoms with Crippen LogP contribution in [0, 0.1) is 11.8 Å². The molecule has 0 heterocycles. The van der Waals surface area contributed by atoms with Crippen LogP contribution >= 0.6 is 0 Å². The second-order valence-corrected chi connectivity index (χ2v) is 3.56. The quantitative estimate of drug-likeness (QED) is 0.540. The monoisotopic (exact) mass is 158 g/mol. The Bertz CT molecular complexity index is 78.9. The fraction of sp³-hybridized carbons (Fsp3) is 1.00. The fourth-order valence-corrected chi connectivity index (χ4v) is 0.985. The molecule has 0 radical (unpaired) electrons. The standard InChI is InChI=1S/C10H22O/c1-5-11-8-6-7-10(4)9(2)3/h9-10H,5-8H2,1-4H3. The summed E-state index contributed by atoms with van der Waals surface area (Å²) in [5, 5.41) is 0. The summed E-state index contributed by atoms with van der Waals surface area (Å²) in [6, 6.07) is 0. The summed E-state index contributed by atoms with van der Waals surface area (Å²) in [7, 11) is 0. The molecule has 0 fully saturated rings. The van der Waals surface area contributed by atoms with Crippen molar-refractivity contribution in [2.75, 3.05) is 13.2 Å². The van der Waals surface area contributed by atoms with Crippen molar-refractivity contribution in [1.82, 2.24) is 0 Å². The van der Waals surface area contributed by atoms with E-state index >= 15 is 0 Å². The minimum Gasteiger partial charge on any atom is -0.382 e. The van der Waals surface area contributed by atoms with Crippen LogP contribution in [-0.4, -0.2) is 13.2 Å². The zero-order valence-electron chi connectivity index (χ0n) is 8.39. The van der Waals surface area contributed by atoms with E-state index in [1.807, 2.05) is 6.92 Å². The first-order valence-corrected chi connectivity index (χ1v) is 4.76. The maximum Gasteiger partial charge on any atom is 0.0465 e. The van der Waals surface area contributed by atoms with E-state index in [-0.39, 0.29) is 0 Å². The Hall–Kier alpha value is -0.0400. The van der Waals surface area contributed by atoms with Gasteiger partial charge in [0.05, 0.1) is 0 Å². The summed E-state index contributed by atoms with van der Waals surface area (Å²) >= 11 is 0. The summed E-state index contributed by atoms with van der Waals surface area (Å²) < 4.78 is 5.26. The highest BCUT2D eigenvalue weighted by Crippen LogP contribution is 2.15. The number of ether oxygens (including phenoxy) is 1. The molecule has 0 aliphatic heterocycles. The van der Waals surface area contributed by atoms with Gasteiger partial charge in [-0.05, 0) is 31.6 Å². The van der Waals surface area contributed by atoms with E-state index in [0.29, 0.717) is 0 Å². The van der Waals surface area contributed by atoms with E-state index in [2.05, 4.69) is 20.8 Å². The first-order valence-electron chi connectivity index (χ1n) is 4.76. The third kappa shape index (κ3) is 6.36. The molecule has 1 unspecified atom stereocenters. The molecule has 0 aromatic heterocycles. The highest BCUT2D eigenvalue weighted by molar-refractivity contribution is 4.56. The summed E-state index contributed by atoms with van der Waals surface area (Å²) in [6.45, 7) is 10.7. The van der Waals surface area contributed by atoms with Gasteiger partial charge < -0.3 is 4.74 Å². The average Bonchev–Trinajstić information content (AvgIpc) is 1.97. The van der Waals surface area contributed by atoms with Crippen LogP contribution in [0.5, 0.6) is 0 Å². The van der Waals surface area contributed by atoms with Crippen molar-refractivity contribution >= 4 is 0 Å². The fourth-order valence-electron chi connectivity index (χ4n) is 0.985. The average molecular weight is 158 g/mol. The Kier molecular flexibility index (Phi) is 6.63. The Morgan fingerprint density at radius 2 is 1.82 bits per heavy atom. The first kappa shape index (κ1) is 11.0. The van der Waals surface area contributed by atoms with Crippen LogP contribution < -0.4 is 0 Å². The van der Waals surface area contributed by atoms with Crippen molar-refractivity contribution in [3.63, 3.8) is 0 Å². The molecule has 0 spiro atoms. The van der Waals surface area contributed by atoms with Crippen molar-refractivity contribution in [1.29, 1.82) is 0 Å². The first-order chi connectivity index (χ1) is 5.18. The largest absolute Gasteiger partial charge is 0.382 e. The lowest BCUT2D eigenvalue weighted by molar-refractivity contribution is 0.137. The van der Waals surface area contributed by atoms with Crippen LogP contribution in [0.1, 0.15) is 40.5 Å². The molecule has 0 aliphatic rings. The second-order valence-electron chi connectivity index (χ2n) is 3.56. The molecule has 1 atom stereocenters. The second kappa shape index (κ2) is 6.66. The molecule has 0 aromatic rings. The number of hydrogen-bond donors (Lipinski definition) is 0. The van der Waals surface area contributed by atoms with Crippen LogP contribution in [0.4, 0.5) is 0 Å². The molecule has 68 valence electrons. The third-order valence-electron chi connectivity index (χ3n) is 2.29. The molecular weight excluding hydrogens is 136 g/mol. The minimum atomic E-state index is 0.816. The molecule has 0 aliphatic carbocycles. The van der Waals surface area contributed by atoms with Gasteiger partial charge in [-0.15, -0.1) is 0 Å². The van der Waals surface area contributed by atoms with Crippen molar-refractivity contribution in [3.8, 4) is 0 Å². The highest BCUT2D eigenvalue weighted by atomic mass is 16.5. The zero-order chi connectivity index (χ0) is 8.69. The maximum atomic E-state index is 5.26. The van der Waals surface area contributed by atoms with Gasteiger partial charge in [-0.3, -0.25) is 0 Å². The highest BCUT2D eigenvalue weighted by Gasteiger charge is 2.05. The van der Waals surface area contributed by atoms with Crippen LogP contribution in [0.15, 0.2) is 0 Å². The molecule has 1 nitrogen and oxygen atoms in total.